The molecule has 0 bridgehead atoms. The molecular formula is C29H34ClN5O4S. The van der Waals surface area contributed by atoms with Crippen LogP contribution in [-0.4, -0.2) is 73.8 Å². The fraction of sp³-hybridized carbons (Fsp3) is 0.414. The van der Waals surface area contributed by atoms with Crippen LogP contribution in [0, 0.1) is 0 Å². The van der Waals surface area contributed by atoms with Gasteiger partial charge in [0.15, 0.2) is 9.84 Å². The molecule has 2 aromatic heterocycles. The van der Waals surface area contributed by atoms with Gasteiger partial charge in [-0.05, 0) is 56.0 Å². The third-order valence-electron chi connectivity index (χ3n) is 7.37. The molecule has 11 heteroatoms. The van der Waals surface area contributed by atoms with Crippen LogP contribution in [0.25, 0.3) is 12.2 Å². The van der Waals surface area contributed by atoms with Gasteiger partial charge in [-0.1, -0.05) is 29.8 Å². The Morgan fingerprint density at radius 3 is 2.48 bits per heavy atom. The van der Waals surface area contributed by atoms with Crippen LogP contribution < -0.4 is 10.1 Å². The largest absolute Gasteiger partial charge is 0.481 e. The summed E-state index contributed by atoms with van der Waals surface area (Å²) in [6.45, 7) is 3.77. The maximum absolute atomic E-state index is 12.8. The minimum Gasteiger partial charge on any atom is -0.481 e. The van der Waals surface area contributed by atoms with E-state index in [0.717, 1.165) is 44.7 Å². The molecule has 1 aliphatic carbocycles. The number of methoxy groups -OCH3 is 1. The third kappa shape index (κ3) is 7.17. The first-order chi connectivity index (χ1) is 19.4. The van der Waals surface area contributed by atoms with Crippen LogP contribution in [0.15, 0.2) is 53.7 Å². The van der Waals surface area contributed by atoms with Gasteiger partial charge in [0.25, 0.3) is 0 Å². The third-order valence-corrected chi connectivity index (χ3v) is 9.51. The first kappa shape index (κ1) is 28.5. The molecule has 1 saturated heterocycles. The van der Waals surface area contributed by atoms with Crippen LogP contribution in [0.5, 0.6) is 5.88 Å². The molecule has 212 valence electrons. The van der Waals surface area contributed by atoms with Crippen molar-refractivity contribution in [1.29, 1.82) is 0 Å². The van der Waals surface area contributed by atoms with E-state index in [-0.39, 0.29) is 15.7 Å². The van der Waals surface area contributed by atoms with E-state index in [1.807, 2.05) is 12.2 Å². The molecule has 0 radical (unpaired) electrons. The average molecular weight is 584 g/mol. The Bertz CT molecular complexity index is 1420. The number of pyridine rings is 1. The van der Waals surface area contributed by atoms with Crippen molar-refractivity contribution in [1.82, 2.24) is 19.9 Å². The molecule has 1 N–H and O–H groups in total. The summed E-state index contributed by atoms with van der Waals surface area (Å²) in [5.74, 6) is 0.680. The molecule has 3 aromatic rings. The molecule has 40 heavy (non-hydrogen) atoms. The van der Waals surface area contributed by atoms with E-state index >= 15 is 0 Å². The number of sulfone groups is 1. The van der Waals surface area contributed by atoms with E-state index in [9.17, 15) is 8.42 Å². The summed E-state index contributed by atoms with van der Waals surface area (Å²) in [6.07, 6.45) is 11.8. The Morgan fingerprint density at radius 1 is 1.05 bits per heavy atom. The predicted molar refractivity (Wildman–Crippen MR) is 156 cm³/mol. The van der Waals surface area contributed by atoms with E-state index in [0.29, 0.717) is 35.2 Å². The van der Waals surface area contributed by atoms with E-state index in [1.165, 1.54) is 26.0 Å². The number of hydrogen-bond acceptors (Lipinski definition) is 9. The van der Waals surface area contributed by atoms with E-state index < -0.39 is 9.84 Å². The molecule has 2 fully saturated rings. The second kappa shape index (κ2) is 13.1. The zero-order valence-electron chi connectivity index (χ0n) is 22.5. The van der Waals surface area contributed by atoms with E-state index in [2.05, 4.69) is 25.2 Å². The molecule has 2 aliphatic rings. The zero-order valence-corrected chi connectivity index (χ0v) is 24.1. The number of morpholine rings is 1. The van der Waals surface area contributed by atoms with Crippen LogP contribution >= 0.6 is 11.6 Å². The van der Waals surface area contributed by atoms with Gasteiger partial charge in [-0.25, -0.2) is 23.4 Å². The maximum Gasteiger partial charge on any atom is 0.222 e. The van der Waals surface area contributed by atoms with Crippen LogP contribution in [0.2, 0.25) is 5.02 Å². The first-order valence-corrected chi connectivity index (χ1v) is 15.5. The SMILES string of the molecule is COc1nc(CS(=O)(=O)c2ccccc2Cl)ccc1/C=C/c1cnc(NC2CCC(N3CCOCC3)CC2)nc1. The topological polar surface area (TPSA) is 107 Å². The highest BCUT2D eigenvalue weighted by atomic mass is 35.5. The summed E-state index contributed by atoms with van der Waals surface area (Å²) in [6, 6.07) is 10.9. The smallest absolute Gasteiger partial charge is 0.222 e. The summed E-state index contributed by atoms with van der Waals surface area (Å²) < 4.78 is 36.6. The number of hydrogen-bond donors (Lipinski definition) is 1. The van der Waals surface area contributed by atoms with Crippen LogP contribution in [0.3, 0.4) is 0 Å². The summed E-state index contributed by atoms with van der Waals surface area (Å²) in [4.78, 5) is 16.1. The van der Waals surface area contributed by atoms with Crippen LogP contribution in [-0.2, 0) is 20.3 Å². The number of halogens is 1. The fourth-order valence-electron chi connectivity index (χ4n) is 5.22. The Hall–Kier alpha value is -3.05. The lowest BCUT2D eigenvalue weighted by Crippen LogP contribution is -2.46. The lowest BCUT2D eigenvalue weighted by molar-refractivity contribution is 0.00790. The standard InChI is InChI=1S/C29H34ClN5O4S/c1-38-28-22(8-9-24(33-28)20-40(36,37)27-5-3-2-4-26(27)30)7-6-21-18-31-29(32-19-21)34-23-10-12-25(13-11-23)35-14-16-39-17-15-35/h2-9,18-19,23,25H,10-17,20H2,1H3,(H,31,32,34)/b7-6+. The number of nitrogens with zero attached hydrogens (tertiary/aromatic N) is 4. The summed E-state index contributed by atoms with van der Waals surface area (Å²) in [5, 5.41) is 3.68. The van der Waals surface area contributed by atoms with E-state index in [4.69, 9.17) is 21.1 Å². The molecule has 9 nitrogen and oxygen atoms in total. The van der Waals surface area contributed by atoms with Crippen molar-refractivity contribution in [2.24, 2.45) is 0 Å². The summed E-state index contributed by atoms with van der Waals surface area (Å²) >= 11 is 6.10. The normalized spacial score (nSPS) is 20.4. The van der Waals surface area contributed by atoms with Crippen molar-refractivity contribution in [2.45, 2.75) is 48.4 Å². The maximum atomic E-state index is 12.8. The van der Waals surface area contributed by atoms with Gasteiger partial charge in [0, 0.05) is 48.7 Å². The van der Waals surface area contributed by atoms with Crippen molar-refractivity contribution in [3.05, 3.63) is 70.6 Å². The van der Waals surface area contributed by atoms with Crippen molar-refractivity contribution >= 4 is 39.5 Å². The van der Waals surface area contributed by atoms with Crippen molar-refractivity contribution < 1.29 is 17.9 Å². The summed E-state index contributed by atoms with van der Waals surface area (Å²) in [7, 11) is -2.15. The first-order valence-electron chi connectivity index (χ1n) is 13.5. The number of benzene rings is 1. The van der Waals surface area contributed by atoms with Gasteiger partial charge >= 0.3 is 0 Å². The molecule has 0 amide bonds. The quantitative estimate of drug-likeness (QED) is 0.382. The van der Waals surface area contributed by atoms with Gasteiger partial charge in [-0.3, -0.25) is 4.90 Å². The highest BCUT2D eigenvalue weighted by Gasteiger charge is 2.27. The average Bonchev–Trinajstić information content (AvgIpc) is 2.98. The lowest BCUT2D eigenvalue weighted by Gasteiger charge is -2.38. The molecule has 1 aliphatic heterocycles. The van der Waals surface area contributed by atoms with Gasteiger partial charge < -0.3 is 14.8 Å². The predicted octanol–water partition coefficient (Wildman–Crippen LogP) is 4.73. The minimum atomic E-state index is -3.66. The lowest BCUT2D eigenvalue weighted by atomic mass is 9.90. The number of rotatable bonds is 9. The Kier molecular flexibility index (Phi) is 9.31. The number of aromatic nitrogens is 3. The van der Waals surface area contributed by atoms with Crippen LogP contribution in [0.4, 0.5) is 5.95 Å². The van der Waals surface area contributed by atoms with Gasteiger partial charge in [0.1, 0.15) is 0 Å². The van der Waals surface area contributed by atoms with Crippen molar-refractivity contribution in [3.63, 3.8) is 0 Å². The second-order valence-corrected chi connectivity index (χ2v) is 12.4. The van der Waals surface area contributed by atoms with Crippen molar-refractivity contribution in [3.8, 4) is 5.88 Å². The monoisotopic (exact) mass is 583 g/mol. The highest BCUT2D eigenvalue weighted by Crippen LogP contribution is 2.27. The molecule has 5 rings (SSSR count). The number of nitrogens with one attached hydrogen (secondary N) is 1. The zero-order chi connectivity index (χ0) is 28.0. The Morgan fingerprint density at radius 2 is 1.77 bits per heavy atom. The molecule has 0 unspecified atom stereocenters. The van der Waals surface area contributed by atoms with Crippen molar-refractivity contribution in [2.75, 3.05) is 38.7 Å². The molecular weight excluding hydrogens is 550 g/mol. The molecule has 1 aromatic carbocycles. The van der Waals surface area contributed by atoms with Gasteiger partial charge in [0.05, 0.1) is 41.7 Å². The second-order valence-electron chi connectivity index (χ2n) is 10.1. The highest BCUT2D eigenvalue weighted by molar-refractivity contribution is 7.90. The van der Waals surface area contributed by atoms with Gasteiger partial charge in [0.2, 0.25) is 11.8 Å². The molecule has 3 heterocycles. The minimum absolute atomic E-state index is 0.0833. The Labute approximate surface area is 240 Å². The van der Waals surface area contributed by atoms with E-state index in [1.54, 1.807) is 42.7 Å². The van der Waals surface area contributed by atoms with Gasteiger partial charge in [-0.2, -0.15) is 0 Å². The fourth-order valence-corrected chi connectivity index (χ4v) is 7.07. The summed E-state index contributed by atoms with van der Waals surface area (Å²) in [5.41, 5.74) is 1.90. The van der Waals surface area contributed by atoms with Crippen LogP contribution in [0.1, 0.15) is 42.5 Å². The Balaban J connectivity index is 1.17. The number of anilines is 1. The molecule has 0 atom stereocenters. The van der Waals surface area contributed by atoms with Gasteiger partial charge in [-0.15, -0.1) is 0 Å². The molecule has 0 spiro atoms. The molecule has 1 saturated carbocycles. The number of ether oxygens (including phenoxy) is 2.